The first kappa shape index (κ1) is 21.6. The first-order chi connectivity index (χ1) is 15.9. The van der Waals surface area contributed by atoms with Gasteiger partial charge in [-0.2, -0.15) is 0 Å². The zero-order chi connectivity index (χ0) is 23.1. The lowest BCUT2D eigenvalue weighted by molar-refractivity contribution is 0.0694. The topological polar surface area (TPSA) is 99.2 Å². The van der Waals surface area contributed by atoms with E-state index in [-0.39, 0.29) is 29.5 Å². The van der Waals surface area contributed by atoms with Crippen LogP contribution in [0.25, 0.3) is 16.6 Å². The Bertz CT molecular complexity index is 1270. The van der Waals surface area contributed by atoms with Gasteiger partial charge in [0.15, 0.2) is 11.6 Å². The summed E-state index contributed by atoms with van der Waals surface area (Å²) in [5.74, 6) is -1.32. The van der Waals surface area contributed by atoms with Gasteiger partial charge < -0.3 is 14.4 Å². The van der Waals surface area contributed by atoms with E-state index in [4.69, 9.17) is 4.74 Å². The Morgan fingerprint density at radius 3 is 2.67 bits per heavy atom. The van der Waals surface area contributed by atoms with E-state index < -0.39 is 22.8 Å². The van der Waals surface area contributed by atoms with E-state index in [9.17, 15) is 14.7 Å². The fraction of sp³-hybridized carbons (Fsp3) is 0.500. The molecule has 1 saturated carbocycles. The molecule has 1 unspecified atom stereocenters. The number of pyridine rings is 1. The molecule has 1 fully saturated rings. The van der Waals surface area contributed by atoms with Gasteiger partial charge in [-0.1, -0.05) is 50.2 Å². The summed E-state index contributed by atoms with van der Waals surface area (Å²) < 4.78 is 24.3. The van der Waals surface area contributed by atoms with E-state index in [0.717, 1.165) is 18.2 Å². The molecule has 1 aromatic carbocycles. The van der Waals surface area contributed by atoms with E-state index in [1.54, 1.807) is 10.8 Å². The van der Waals surface area contributed by atoms with Crippen LogP contribution in [0.15, 0.2) is 23.3 Å². The lowest BCUT2D eigenvalue weighted by Crippen LogP contribution is -2.27. The Morgan fingerprint density at radius 2 is 1.94 bits per heavy atom. The molecule has 3 aromatic rings. The van der Waals surface area contributed by atoms with Crippen LogP contribution in [0.1, 0.15) is 74.0 Å². The molecule has 33 heavy (non-hydrogen) atoms. The molecule has 0 radical (unpaired) electrons. The summed E-state index contributed by atoms with van der Waals surface area (Å²) in [6.07, 6.45) is 12.5. The van der Waals surface area contributed by atoms with E-state index >= 15 is 4.39 Å². The van der Waals surface area contributed by atoms with Crippen molar-refractivity contribution >= 4 is 16.9 Å². The van der Waals surface area contributed by atoms with Gasteiger partial charge in [-0.05, 0) is 25.3 Å². The standard InChI is InChI=1S/C24H27FN4O4/c1-14-13-33-23-20-17(22(30)18(24(31)32)12-28(14)20)10-19(25)21(23)29-11-16(26-27-29)9-15-7-5-3-2-4-6-8-15/h10-12,14-15H,2-9,13H2,1H3,(H,31,32). The van der Waals surface area contributed by atoms with Gasteiger partial charge in [0.1, 0.15) is 17.9 Å². The summed E-state index contributed by atoms with van der Waals surface area (Å²) in [6, 6.07) is 0.861. The van der Waals surface area contributed by atoms with Gasteiger partial charge in [0, 0.05) is 6.20 Å². The predicted molar refractivity (Wildman–Crippen MR) is 120 cm³/mol. The zero-order valence-corrected chi connectivity index (χ0v) is 18.6. The van der Waals surface area contributed by atoms with Crippen LogP contribution in [0.4, 0.5) is 4.39 Å². The van der Waals surface area contributed by atoms with Crippen LogP contribution in [0.2, 0.25) is 0 Å². The summed E-state index contributed by atoms with van der Waals surface area (Å²) >= 11 is 0. The molecule has 1 N–H and O–H groups in total. The highest BCUT2D eigenvalue weighted by Crippen LogP contribution is 2.38. The van der Waals surface area contributed by atoms with Crippen LogP contribution in [0.5, 0.6) is 5.75 Å². The normalized spacial score (nSPS) is 19.2. The molecule has 174 valence electrons. The van der Waals surface area contributed by atoms with Crippen molar-refractivity contribution in [3.8, 4) is 11.4 Å². The third kappa shape index (κ3) is 3.89. The van der Waals surface area contributed by atoms with Crippen LogP contribution in [-0.4, -0.2) is 37.2 Å². The molecule has 0 saturated heterocycles. The van der Waals surface area contributed by atoms with Gasteiger partial charge in [0.2, 0.25) is 5.43 Å². The number of hydrogen-bond acceptors (Lipinski definition) is 5. The zero-order valence-electron chi connectivity index (χ0n) is 18.6. The van der Waals surface area contributed by atoms with Crippen molar-refractivity contribution in [2.24, 2.45) is 5.92 Å². The number of nitrogens with zero attached hydrogens (tertiary/aromatic N) is 4. The number of ether oxygens (including phenoxy) is 1. The molecule has 8 nitrogen and oxygen atoms in total. The average molecular weight is 455 g/mol. The van der Waals surface area contributed by atoms with Crippen LogP contribution in [0.3, 0.4) is 0 Å². The number of aromatic carboxylic acids is 1. The lowest BCUT2D eigenvalue weighted by atomic mass is 9.88. The van der Waals surface area contributed by atoms with E-state index in [1.165, 1.54) is 55.8 Å². The molecule has 1 aliphatic carbocycles. The van der Waals surface area contributed by atoms with Crippen LogP contribution in [0, 0.1) is 11.7 Å². The summed E-state index contributed by atoms with van der Waals surface area (Å²) in [7, 11) is 0. The van der Waals surface area contributed by atoms with Crippen molar-refractivity contribution in [3.05, 3.63) is 45.8 Å². The number of carboxylic acids is 1. The number of carbonyl (C=O) groups is 1. The molecule has 3 heterocycles. The van der Waals surface area contributed by atoms with Crippen molar-refractivity contribution in [2.45, 2.75) is 64.3 Å². The number of aromatic nitrogens is 4. The fourth-order valence-electron chi connectivity index (χ4n) is 5.12. The second-order valence-corrected chi connectivity index (χ2v) is 9.25. The molecule has 5 rings (SSSR count). The van der Waals surface area contributed by atoms with Crippen LogP contribution < -0.4 is 10.2 Å². The smallest absolute Gasteiger partial charge is 0.341 e. The van der Waals surface area contributed by atoms with Gasteiger partial charge in [-0.15, -0.1) is 5.10 Å². The molecule has 0 amide bonds. The molecule has 9 heteroatoms. The first-order valence-corrected chi connectivity index (χ1v) is 11.6. The maximum absolute atomic E-state index is 15.3. The van der Waals surface area contributed by atoms with Gasteiger partial charge in [0.05, 0.1) is 28.8 Å². The SMILES string of the molecule is CC1COc2c(-n3cc(CC4CCCCCCC4)nn3)c(F)cc3c(=O)c(C(=O)O)cn1c23. The van der Waals surface area contributed by atoms with Crippen molar-refractivity contribution in [1.82, 2.24) is 19.6 Å². The van der Waals surface area contributed by atoms with Crippen LogP contribution in [-0.2, 0) is 6.42 Å². The quantitative estimate of drug-likeness (QED) is 0.632. The fourth-order valence-corrected chi connectivity index (χ4v) is 5.12. The first-order valence-electron chi connectivity index (χ1n) is 11.6. The third-order valence-electron chi connectivity index (χ3n) is 6.86. The molecular formula is C24H27FN4O4. The van der Waals surface area contributed by atoms with Gasteiger partial charge in [-0.3, -0.25) is 4.79 Å². The van der Waals surface area contributed by atoms with E-state index in [0.29, 0.717) is 11.4 Å². The third-order valence-corrected chi connectivity index (χ3v) is 6.86. The highest BCUT2D eigenvalue weighted by molar-refractivity contribution is 5.96. The Kier molecular flexibility index (Phi) is 5.64. The number of hydrogen-bond donors (Lipinski definition) is 1. The Hall–Kier alpha value is -3.23. The Balaban J connectivity index is 1.57. The minimum absolute atomic E-state index is 0.0208. The molecule has 1 aliphatic heterocycles. The number of halogens is 1. The molecule has 2 aromatic heterocycles. The summed E-state index contributed by atoms with van der Waals surface area (Å²) in [6.45, 7) is 2.06. The maximum atomic E-state index is 15.3. The monoisotopic (exact) mass is 454 g/mol. The summed E-state index contributed by atoms with van der Waals surface area (Å²) in [4.78, 5) is 24.3. The molecule has 1 atom stereocenters. The Morgan fingerprint density at radius 1 is 1.21 bits per heavy atom. The number of rotatable bonds is 4. The predicted octanol–water partition coefficient (Wildman–Crippen LogP) is 4.28. The lowest BCUT2D eigenvalue weighted by Gasteiger charge is -2.28. The van der Waals surface area contributed by atoms with E-state index in [2.05, 4.69) is 10.3 Å². The summed E-state index contributed by atoms with van der Waals surface area (Å²) in [5.41, 5.74) is 0.132. The maximum Gasteiger partial charge on any atom is 0.341 e. The largest absolute Gasteiger partial charge is 0.487 e. The molecule has 0 spiro atoms. The highest BCUT2D eigenvalue weighted by atomic mass is 19.1. The van der Waals surface area contributed by atoms with Gasteiger partial charge >= 0.3 is 5.97 Å². The van der Waals surface area contributed by atoms with E-state index in [1.807, 2.05) is 6.92 Å². The second-order valence-electron chi connectivity index (χ2n) is 9.25. The summed E-state index contributed by atoms with van der Waals surface area (Å²) in [5, 5.41) is 17.9. The molecule has 2 aliphatic rings. The molecule has 0 bridgehead atoms. The minimum atomic E-state index is -1.34. The molecular weight excluding hydrogens is 427 g/mol. The Labute approximate surface area is 190 Å². The van der Waals surface area contributed by atoms with Gasteiger partial charge in [0.25, 0.3) is 0 Å². The van der Waals surface area contributed by atoms with Crippen molar-refractivity contribution < 1.29 is 19.0 Å². The highest BCUT2D eigenvalue weighted by Gasteiger charge is 2.29. The van der Waals surface area contributed by atoms with Crippen molar-refractivity contribution in [3.63, 3.8) is 0 Å². The second kappa shape index (κ2) is 8.61. The van der Waals surface area contributed by atoms with Crippen molar-refractivity contribution in [1.29, 1.82) is 0 Å². The number of carboxylic acid groups (broad SMARTS) is 1. The average Bonchev–Trinajstić information content (AvgIpc) is 3.21. The van der Waals surface area contributed by atoms with Gasteiger partial charge in [-0.25, -0.2) is 13.9 Å². The number of benzene rings is 1. The van der Waals surface area contributed by atoms with Crippen molar-refractivity contribution in [2.75, 3.05) is 6.61 Å². The minimum Gasteiger partial charge on any atom is -0.487 e. The van der Waals surface area contributed by atoms with Crippen LogP contribution >= 0.6 is 0 Å².